The number of piperazine rings is 1. The van der Waals surface area contributed by atoms with Crippen molar-refractivity contribution < 1.29 is 0 Å². The summed E-state index contributed by atoms with van der Waals surface area (Å²) in [5.41, 5.74) is 4.31. The fourth-order valence-electron chi connectivity index (χ4n) is 3.10. The van der Waals surface area contributed by atoms with Gasteiger partial charge >= 0.3 is 0 Å². The molecule has 1 aliphatic rings. The van der Waals surface area contributed by atoms with Crippen LogP contribution in [0, 0.1) is 19.8 Å². The van der Waals surface area contributed by atoms with E-state index in [0.29, 0.717) is 12.0 Å². The first-order valence-corrected chi connectivity index (χ1v) is 7.11. The van der Waals surface area contributed by atoms with Gasteiger partial charge in [-0.15, -0.1) is 0 Å². The molecule has 0 aromatic heterocycles. The van der Waals surface area contributed by atoms with Gasteiger partial charge in [0.25, 0.3) is 0 Å². The van der Waals surface area contributed by atoms with Gasteiger partial charge in [-0.25, -0.2) is 0 Å². The van der Waals surface area contributed by atoms with Crippen molar-refractivity contribution >= 4 is 0 Å². The number of benzene rings is 1. The number of nitrogens with one attached hydrogen (secondary N) is 1. The van der Waals surface area contributed by atoms with Gasteiger partial charge in [-0.3, -0.25) is 4.90 Å². The summed E-state index contributed by atoms with van der Waals surface area (Å²) < 4.78 is 0. The maximum atomic E-state index is 3.44. The lowest BCUT2D eigenvalue weighted by Gasteiger charge is -2.38. The molecule has 0 radical (unpaired) electrons. The van der Waals surface area contributed by atoms with Gasteiger partial charge in [0, 0.05) is 32.2 Å². The summed E-state index contributed by atoms with van der Waals surface area (Å²) in [5.74, 6) is 0.657. The number of rotatable bonds is 3. The molecule has 1 aromatic carbocycles. The molecule has 1 fully saturated rings. The van der Waals surface area contributed by atoms with Crippen molar-refractivity contribution in [3.8, 4) is 0 Å². The molecule has 1 aromatic rings. The Bertz CT molecular complexity index is 392. The van der Waals surface area contributed by atoms with E-state index in [-0.39, 0.29) is 0 Å². The quantitative estimate of drug-likeness (QED) is 0.882. The van der Waals surface area contributed by atoms with Gasteiger partial charge in [0.1, 0.15) is 0 Å². The van der Waals surface area contributed by atoms with Crippen molar-refractivity contribution in [3.63, 3.8) is 0 Å². The average Bonchev–Trinajstić information content (AvgIpc) is 2.33. The lowest BCUT2D eigenvalue weighted by atomic mass is 9.90. The summed E-state index contributed by atoms with van der Waals surface area (Å²) in [6.07, 6.45) is 0. The fraction of sp³-hybridized carbons (Fsp3) is 0.625. The normalized spacial score (nSPS) is 19.2. The summed E-state index contributed by atoms with van der Waals surface area (Å²) in [5, 5.41) is 3.44. The minimum Gasteiger partial charge on any atom is -0.314 e. The number of nitrogens with zero attached hydrogens (tertiary/aromatic N) is 1. The number of aryl methyl sites for hydroxylation is 2. The standard InChI is InChI=1S/C16H26N2/c1-12(2)16(18-9-7-17-8-10-18)15-6-5-13(3)11-14(15)4/h5-6,11-12,16-17H,7-10H2,1-4H3. The van der Waals surface area contributed by atoms with Crippen molar-refractivity contribution in [2.24, 2.45) is 5.92 Å². The van der Waals surface area contributed by atoms with Crippen LogP contribution in [0.5, 0.6) is 0 Å². The molecule has 0 bridgehead atoms. The van der Waals surface area contributed by atoms with Gasteiger partial charge in [-0.05, 0) is 30.9 Å². The minimum absolute atomic E-state index is 0.563. The van der Waals surface area contributed by atoms with Gasteiger partial charge in [-0.1, -0.05) is 37.6 Å². The van der Waals surface area contributed by atoms with Crippen LogP contribution in [0.15, 0.2) is 18.2 Å². The third kappa shape index (κ3) is 2.93. The average molecular weight is 246 g/mol. The maximum Gasteiger partial charge on any atom is 0.0374 e. The zero-order valence-electron chi connectivity index (χ0n) is 12.2. The van der Waals surface area contributed by atoms with Gasteiger partial charge in [-0.2, -0.15) is 0 Å². The van der Waals surface area contributed by atoms with Crippen LogP contribution in [0.4, 0.5) is 0 Å². The second-order valence-electron chi connectivity index (χ2n) is 5.83. The van der Waals surface area contributed by atoms with Crippen LogP contribution in [0.2, 0.25) is 0 Å². The zero-order chi connectivity index (χ0) is 13.1. The van der Waals surface area contributed by atoms with Gasteiger partial charge in [0.2, 0.25) is 0 Å². The van der Waals surface area contributed by atoms with Crippen molar-refractivity contribution in [3.05, 3.63) is 34.9 Å². The Morgan fingerprint density at radius 1 is 1.11 bits per heavy atom. The van der Waals surface area contributed by atoms with E-state index >= 15 is 0 Å². The topological polar surface area (TPSA) is 15.3 Å². The second kappa shape index (κ2) is 5.85. The first-order chi connectivity index (χ1) is 8.59. The molecule has 1 aliphatic heterocycles. The fourth-order valence-corrected chi connectivity index (χ4v) is 3.10. The summed E-state index contributed by atoms with van der Waals surface area (Å²) >= 11 is 0. The van der Waals surface area contributed by atoms with E-state index < -0.39 is 0 Å². The second-order valence-corrected chi connectivity index (χ2v) is 5.83. The van der Waals surface area contributed by atoms with E-state index in [1.165, 1.54) is 16.7 Å². The predicted octanol–water partition coefficient (Wildman–Crippen LogP) is 2.91. The van der Waals surface area contributed by atoms with Gasteiger partial charge in [0.15, 0.2) is 0 Å². The Morgan fingerprint density at radius 2 is 1.78 bits per heavy atom. The largest absolute Gasteiger partial charge is 0.314 e. The Balaban J connectivity index is 2.28. The highest BCUT2D eigenvalue weighted by molar-refractivity contribution is 5.33. The Labute approximate surface area is 111 Å². The van der Waals surface area contributed by atoms with E-state index in [1.807, 2.05) is 0 Å². The smallest absolute Gasteiger partial charge is 0.0374 e. The molecule has 0 aliphatic carbocycles. The predicted molar refractivity (Wildman–Crippen MR) is 77.9 cm³/mol. The summed E-state index contributed by atoms with van der Waals surface area (Å²) in [7, 11) is 0. The van der Waals surface area contributed by atoms with E-state index in [0.717, 1.165) is 26.2 Å². The molecular formula is C16H26N2. The molecule has 0 saturated carbocycles. The van der Waals surface area contributed by atoms with E-state index in [2.05, 4.69) is 56.1 Å². The molecular weight excluding hydrogens is 220 g/mol. The molecule has 1 saturated heterocycles. The van der Waals surface area contributed by atoms with Crippen LogP contribution in [-0.2, 0) is 0 Å². The molecule has 2 nitrogen and oxygen atoms in total. The van der Waals surface area contributed by atoms with Crippen molar-refractivity contribution in [1.82, 2.24) is 10.2 Å². The van der Waals surface area contributed by atoms with Crippen molar-refractivity contribution in [2.75, 3.05) is 26.2 Å². The molecule has 1 N–H and O–H groups in total. The number of hydrogen-bond donors (Lipinski definition) is 1. The summed E-state index contributed by atoms with van der Waals surface area (Å²) in [6, 6.07) is 7.46. The van der Waals surface area contributed by atoms with E-state index in [4.69, 9.17) is 0 Å². The highest BCUT2D eigenvalue weighted by Crippen LogP contribution is 2.31. The van der Waals surface area contributed by atoms with Crippen LogP contribution in [0.1, 0.15) is 36.6 Å². The highest BCUT2D eigenvalue weighted by atomic mass is 15.2. The molecule has 2 heteroatoms. The Hall–Kier alpha value is -0.860. The lowest BCUT2D eigenvalue weighted by Crippen LogP contribution is -2.46. The molecule has 1 atom stereocenters. The number of hydrogen-bond acceptors (Lipinski definition) is 2. The third-order valence-electron chi connectivity index (χ3n) is 3.92. The highest BCUT2D eigenvalue weighted by Gasteiger charge is 2.25. The van der Waals surface area contributed by atoms with Gasteiger partial charge < -0.3 is 5.32 Å². The Kier molecular flexibility index (Phi) is 4.41. The van der Waals surface area contributed by atoms with Crippen LogP contribution < -0.4 is 5.32 Å². The first-order valence-electron chi connectivity index (χ1n) is 7.11. The molecule has 0 spiro atoms. The maximum absolute atomic E-state index is 3.44. The molecule has 2 rings (SSSR count). The zero-order valence-corrected chi connectivity index (χ0v) is 12.2. The van der Waals surface area contributed by atoms with Crippen LogP contribution in [0.3, 0.4) is 0 Å². The first kappa shape index (κ1) is 13.6. The lowest BCUT2D eigenvalue weighted by molar-refractivity contribution is 0.136. The Morgan fingerprint density at radius 3 is 2.33 bits per heavy atom. The van der Waals surface area contributed by atoms with Crippen LogP contribution >= 0.6 is 0 Å². The van der Waals surface area contributed by atoms with Crippen LogP contribution in [0.25, 0.3) is 0 Å². The third-order valence-corrected chi connectivity index (χ3v) is 3.92. The molecule has 18 heavy (non-hydrogen) atoms. The van der Waals surface area contributed by atoms with Crippen molar-refractivity contribution in [2.45, 2.75) is 33.7 Å². The van der Waals surface area contributed by atoms with Crippen LogP contribution in [-0.4, -0.2) is 31.1 Å². The molecule has 100 valence electrons. The van der Waals surface area contributed by atoms with E-state index in [9.17, 15) is 0 Å². The molecule has 1 heterocycles. The SMILES string of the molecule is Cc1ccc(C(C(C)C)N2CCNCC2)c(C)c1. The molecule has 0 amide bonds. The monoisotopic (exact) mass is 246 g/mol. The minimum atomic E-state index is 0.563. The van der Waals surface area contributed by atoms with Crippen molar-refractivity contribution in [1.29, 1.82) is 0 Å². The van der Waals surface area contributed by atoms with Gasteiger partial charge in [0.05, 0.1) is 0 Å². The summed E-state index contributed by atoms with van der Waals surface area (Å²) in [6.45, 7) is 13.7. The summed E-state index contributed by atoms with van der Waals surface area (Å²) in [4.78, 5) is 2.64. The van der Waals surface area contributed by atoms with E-state index in [1.54, 1.807) is 0 Å². The molecule has 1 unspecified atom stereocenters.